The van der Waals surface area contributed by atoms with Crippen molar-refractivity contribution in [1.29, 1.82) is 0 Å². The lowest BCUT2D eigenvalue weighted by Gasteiger charge is -2.09. The number of aliphatic imine (C=N–C) groups is 1. The average molecular weight is 376 g/mol. The second-order valence-electron chi connectivity index (χ2n) is 6.51. The lowest BCUT2D eigenvalue weighted by Crippen LogP contribution is -2.07. The molecule has 0 aromatic heterocycles. The van der Waals surface area contributed by atoms with Gasteiger partial charge in [-0.1, -0.05) is 42.0 Å². The van der Waals surface area contributed by atoms with Crippen LogP contribution in [0.2, 0.25) is 0 Å². The molecule has 0 saturated heterocycles. The number of nitrogens with zero attached hydrogens (tertiary/aromatic N) is 1. The molecule has 1 heterocycles. The summed E-state index contributed by atoms with van der Waals surface area (Å²) >= 11 is 0. The molecule has 136 valence electrons. The normalized spacial score (nSPS) is 17.2. The molecular formula is C22H20N2O2S. The van der Waals surface area contributed by atoms with E-state index in [2.05, 4.69) is 0 Å². The Hall–Kier alpha value is -2.92. The van der Waals surface area contributed by atoms with Gasteiger partial charge in [-0.3, -0.25) is 0 Å². The summed E-state index contributed by atoms with van der Waals surface area (Å²) in [5.74, 6) is 0.535. The zero-order valence-corrected chi connectivity index (χ0v) is 15.8. The number of ether oxygens (including phenoxy) is 1. The predicted octanol–water partition coefficient (Wildman–Crippen LogP) is 4.26. The molecule has 1 unspecified atom stereocenters. The van der Waals surface area contributed by atoms with Crippen molar-refractivity contribution in [3.63, 3.8) is 0 Å². The molecule has 4 nitrogen and oxygen atoms in total. The zero-order valence-electron chi connectivity index (χ0n) is 15.0. The number of anilines is 1. The fourth-order valence-electron chi connectivity index (χ4n) is 3.00. The number of rotatable bonds is 4. The van der Waals surface area contributed by atoms with Crippen LogP contribution in [-0.4, -0.2) is 16.7 Å². The molecule has 0 amide bonds. The third-order valence-electron chi connectivity index (χ3n) is 4.52. The van der Waals surface area contributed by atoms with Crippen LogP contribution in [0.5, 0.6) is 0 Å². The topological polar surface area (TPSA) is 64.7 Å². The summed E-state index contributed by atoms with van der Waals surface area (Å²) in [7, 11) is -1.30. The molecule has 0 bridgehead atoms. The van der Waals surface area contributed by atoms with Gasteiger partial charge in [-0.25, -0.2) is 9.20 Å². The van der Waals surface area contributed by atoms with Crippen molar-refractivity contribution < 1.29 is 8.95 Å². The lowest BCUT2D eigenvalue weighted by molar-refractivity contribution is 0.319. The summed E-state index contributed by atoms with van der Waals surface area (Å²) in [5, 5.41) is 0. The summed E-state index contributed by atoms with van der Waals surface area (Å²) in [5.41, 5.74) is 9.45. The van der Waals surface area contributed by atoms with E-state index in [4.69, 9.17) is 15.5 Å². The minimum Gasteiger partial charge on any atom is -0.475 e. The van der Waals surface area contributed by atoms with Crippen molar-refractivity contribution in [3.05, 3.63) is 89.5 Å². The summed E-state index contributed by atoms with van der Waals surface area (Å²) < 4.78 is 19.0. The minimum atomic E-state index is -1.30. The maximum absolute atomic E-state index is 13.1. The fourth-order valence-corrected chi connectivity index (χ4v) is 4.20. The number of benzene rings is 3. The minimum absolute atomic E-state index is 0.0820. The van der Waals surface area contributed by atoms with Crippen molar-refractivity contribution in [2.75, 3.05) is 12.3 Å². The highest BCUT2D eigenvalue weighted by atomic mass is 32.2. The van der Waals surface area contributed by atoms with Gasteiger partial charge in [0.25, 0.3) is 0 Å². The molecule has 2 N–H and O–H groups in total. The molecular weight excluding hydrogens is 356 g/mol. The number of nitrogens with two attached hydrogens (primary N) is 1. The van der Waals surface area contributed by atoms with E-state index in [0.717, 1.165) is 27.3 Å². The van der Waals surface area contributed by atoms with Crippen molar-refractivity contribution in [1.82, 2.24) is 0 Å². The molecule has 3 aromatic carbocycles. The van der Waals surface area contributed by atoms with Gasteiger partial charge in [0.2, 0.25) is 5.90 Å². The Labute approximate surface area is 161 Å². The summed E-state index contributed by atoms with van der Waals surface area (Å²) in [6, 6.07) is 22.9. The van der Waals surface area contributed by atoms with Crippen LogP contribution >= 0.6 is 0 Å². The highest BCUT2D eigenvalue weighted by Crippen LogP contribution is 2.29. The van der Waals surface area contributed by atoms with Crippen LogP contribution in [0, 0.1) is 6.92 Å². The Kier molecular flexibility index (Phi) is 4.77. The first-order chi connectivity index (χ1) is 13.1. The molecule has 0 radical (unpaired) electrons. The van der Waals surface area contributed by atoms with Gasteiger partial charge < -0.3 is 10.5 Å². The van der Waals surface area contributed by atoms with Gasteiger partial charge in [0.1, 0.15) is 12.6 Å². The Bertz CT molecular complexity index is 1010. The molecule has 0 saturated carbocycles. The highest BCUT2D eigenvalue weighted by Gasteiger charge is 2.25. The van der Waals surface area contributed by atoms with E-state index < -0.39 is 10.8 Å². The third kappa shape index (κ3) is 3.64. The van der Waals surface area contributed by atoms with E-state index in [1.165, 1.54) is 0 Å². The van der Waals surface area contributed by atoms with Crippen LogP contribution in [0.1, 0.15) is 22.7 Å². The van der Waals surface area contributed by atoms with Crippen molar-refractivity contribution in [2.24, 2.45) is 4.99 Å². The summed E-state index contributed by atoms with van der Waals surface area (Å²) in [6.45, 7) is 2.48. The van der Waals surface area contributed by atoms with Gasteiger partial charge in [-0.15, -0.1) is 0 Å². The van der Waals surface area contributed by atoms with Crippen LogP contribution in [-0.2, 0) is 15.5 Å². The van der Waals surface area contributed by atoms with E-state index in [1.54, 1.807) is 0 Å². The maximum atomic E-state index is 13.1. The third-order valence-corrected chi connectivity index (χ3v) is 5.98. The van der Waals surface area contributed by atoms with Gasteiger partial charge in [-0.2, -0.15) is 0 Å². The smallest absolute Gasteiger partial charge is 0.218 e. The zero-order chi connectivity index (χ0) is 18.8. The monoisotopic (exact) mass is 376 g/mol. The quantitative estimate of drug-likeness (QED) is 0.692. The van der Waals surface area contributed by atoms with E-state index >= 15 is 0 Å². The van der Waals surface area contributed by atoms with Crippen molar-refractivity contribution >= 4 is 22.4 Å². The van der Waals surface area contributed by atoms with Gasteiger partial charge in [-0.05, 0) is 48.9 Å². The summed E-state index contributed by atoms with van der Waals surface area (Å²) in [6.07, 6.45) is 0. The Morgan fingerprint density at radius 1 is 1.00 bits per heavy atom. The second kappa shape index (κ2) is 7.37. The van der Waals surface area contributed by atoms with E-state index in [0.29, 0.717) is 17.4 Å². The first-order valence-electron chi connectivity index (χ1n) is 8.76. The fraction of sp³-hybridized carbons (Fsp3) is 0.136. The largest absolute Gasteiger partial charge is 0.475 e. The number of aryl methyl sites for hydroxylation is 1. The van der Waals surface area contributed by atoms with Crippen molar-refractivity contribution in [2.45, 2.75) is 22.8 Å². The highest BCUT2D eigenvalue weighted by molar-refractivity contribution is 7.85. The summed E-state index contributed by atoms with van der Waals surface area (Å²) in [4.78, 5) is 6.20. The first-order valence-corrected chi connectivity index (χ1v) is 9.91. The van der Waals surface area contributed by atoms with Gasteiger partial charge >= 0.3 is 0 Å². The Balaban J connectivity index is 1.67. The maximum Gasteiger partial charge on any atom is 0.218 e. The van der Waals surface area contributed by atoms with Crippen LogP contribution in [0.25, 0.3) is 0 Å². The van der Waals surface area contributed by atoms with Crippen LogP contribution in [0.4, 0.5) is 5.69 Å². The number of hydrogen-bond acceptors (Lipinski definition) is 4. The Morgan fingerprint density at radius 2 is 1.70 bits per heavy atom. The number of hydrogen-bond donors (Lipinski definition) is 1. The number of nitrogen functional groups attached to an aromatic ring is 1. The van der Waals surface area contributed by atoms with E-state index in [1.807, 2.05) is 79.7 Å². The molecule has 2 atom stereocenters. The SMILES string of the molecule is Cc1ccc([S@](=O)c2ccccc2C2=NC(c3ccc(N)cc3)CO2)cc1. The standard InChI is InChI=1S/C22H20N2O2S/c1-15-6-12-18(13-7-15)27(25)21-5-3-2-4-19(21)22-24-20(14-26-22)16-8-10-17(23)11-9-16/h2-13,20H,14,23H2,1H3/t20?,27-/m0/s1. The molecule has 1 aliphatic heterocycles. The molecule has 0 spiro atoms. The second-order valence-corrected chi connectivity index (χ2v) is 7.95. The molecule has 27 heavy (non-hydrogen) atoms. The van der Waals surface area contributed by atoms with E-state index in [9.17, 15) is 4.21 Å². The average Bonchev–Trinajstić information content (AvgIpc) is 3.19. The molecule has 3 aromatic rings. The lowest BCUT2D eigenvalue weighted by atomic mass is 10.1. The van der Waals surface area contributed by atoms with Gasteiger partial charge in [0.05, 0.1) is 21.3 Å². The van der Waals surface area contributed by atoms with Crippen LogP contribution in [0.3, 0.4) is 0 Å². The first kappa shape index (κ1) is 17.5. The molecule has 4 rings (SSSR count). The van der Waals surface area contributed by atoms with Crippen LogP contribution in [0.15, 0.2) is 87.6 Å². The molecule has 1 aliphatic rings. The Morgan fingerprint density at radius 3 is 2.44 bits per heavy atom. The molecule has 5 heteroatoms. The van der Waals surface area contributed by atoms with E-state index in [-0.39, 0.29) is 6.04 Å². The predicted molar refractivity (Wildman–Crippen MR) is 108 cm³/mol. The van der Waals surface area contributed by atoms with Gasteiger partial charge in [0.15, 0.2) is 0 Å². The van der Waals surface area contributed by atoms with Crippen molar-refractivity contribution in [3.8, 4) is 0 Å². The van der Waals surface area contributed by atoms with Crippen LogP contribution < -0.4 is 5.73 Å². The van der Waals surface area contributed by atoms with Gasteiger partial charge in [0, 0.05) is 10.6 Å². The molecule has 0 aliphatic carbocycles. The molecule has 0 fully saturated rings.